The van der Waals surface area contributed by atoms with Crippen molar-refractivity contribution in [3.05, 3.63) is 83.6 Å². The van der Waals surface area contributed by atoms with E-state index in [1.54, 1.807) is 12.1 Å². The second kappa shape index (κ2) is 9.80. The minimum Gasteiger partial charge on any atom is -0.364 e. The highest BCUT2D eigenvalue weighted by Gasteiger charge is 2.19. The number of fused-ring (bicyclic) bond motifs is 1. The molecule has 8 heteroatoms. The highest BCUT2D eigenvalue weighted by molar-refractivity contribution is 7.20. The fourth-order valence-corrected chi connectivity index (χ4v) is 4.30. The summed E-state index contributed by atoms with van der Waals surface area (Å²) in [6.45, 7) is 0. The van der Waals surface area contributed by atoms with Crippen LogP contribution in [0.2, 0.25) is 0 Å². The van der Waals surface area contributed by atoms with Gasteiger partial charge in [-0.15, -0.1) is 11.6 Å². The van der Waals surface area contributed by atoms with Crippen LogP contribution in [0, 0.1) is 0 Å². The maximum absolute atomic E-state index is 12.7. The van der Waals surface area contributed by atoms with E-state index in [0.717, 1.165) is 46.2 Å². The fraction of sp³-hybridized carbons (Fsp3) is 0.125. The van der Waals surface area contributed by atoms with E-state index in [4.69, 9.17) is 17.3 Å². The Morgan fingerprint density at radius 3 is 2.47 bits per heavy atom. The van der Waals surface area contributed by atoms with Gasteiger partial charge in [-0.05, 0) is 53.4 Å². The molecule has 6 nitrogen and oxygen atoms in total. The fourth-order valence-electron chi connectivity index (χ4n) is 3.28. The predicted molar refractivity (Wildman–Crippen MR) is 131 cm³/mol. The summed E-state index contributed by atoms with van der Waals surface area (Å²) in [5.41, 5.74) is 7.92. The van der Waals surface area contributed by atoms with Gasteiger partial charge in [0.25, 0.3) is 11.8 Å². The summed E-state index contributed by atoms with van der Waals surface area (Å²) in [4.78, 5) is 28.9. The SMILES string of the molecule is NC(=O)c1nc(Nc2ccc3ccccc3c2)sc1NC(=O)c1ccc(CCCCl)cc1. The number of benzene rings is 3. The molecule has 0 saturated carbocycles. The van der Waals surface area contributed by atoms with E-state index in [-0.39, 0.29) is 11.6 Å². The second-order valence-corrected chi connectivity index (χ2v) is 8.57. The van der Waals surface area contributed by atoms with E-state index in [0.29, 0.717) is 21.6 Å². The maximum Gasteiger partial charge on any atom is 0.270 e. The number of anilines is 3. The second-order valence-electron chi connectivity index (χ2n) is 7.19. The Hall–Kier alpha value is -3.42. The normalized spacial score (nSPS) is 10.8. The van der Waals surface area contributed by atoms with Crippen molar-refractivity contribution in [3.63, 3.8) is 0 Å². The molecule has 0 aliphatic carbocycles. The van der Waals surface area contributed by atoms with Crippen molar-refractivity contribution < 1.29 is 9.59 Å². The number of primary amides is 1. The number of aryl methyl sites for hydroxylation is 1. The number of halogens is 1. The van der Waals surface area contributed by atoms with Gasteiger partial charge in [-0.3, -0.25) is 9.59 Å². The van der Waals surface area contributed by atoms with Crippen LogP contribution in [0.5, 0.6) is 0 Å². The molecule has 32 heavy (non-hydrogen) atoms. The minimum atomic E-state index is -0.709. The lowest BCUT2D eigenvalue weighted by atomic mass is 10.1. The molecule has 3 aromatic carbocycles. The number of amides is 2. The monoisotopic (exact) mass is 464 g/mol. The molecule has 1 aromatic heterocycles. The Balaban J connectivity index is 1.52. The third-order valence-corrected chi connectivity index (χ3v) is 6.06. The first-order valence-electron chi connectivity index (χ1n) is 10.1. The number of thiazole rings is 1. The molecule has 162 valence electrons. The van der Waals surface area contributed by atoms with Gasteiger partial charge in [-0.1, -0.05) is 53.8 Å². The number of nitrogens with one attached hydrogen (secondary N) is 2. The summed E-state index contributed by atoms with van der Waals surface area (Å²) in [6.07, 6.45) is 1.73. The summed E-state index contributed by atoms with van der Waals surface area (Å²) in [5, 5.41) is 8.91. The molecule has 4 aromatic rings. The highest BCUT2D eigenvalue weighted by atomic mass is 35.5. The lowest BCUT2D eigenvalue weighted by molar-refractivity contribution is 0.0997. The van der Waals surface area contributed by atoms with Crippen LogP contribution in [0.3, 0.4) is 0 Å². The van der Waals surface area contributed by atoms with Gasteiger partial charge in [0.2, 0.25) is 0 Å². The van der Waals surface area contributed by atoms with Crippen LogP contribution < -0.4 is 16.4 Å². The largest absolute Gasteiger partial charge is 0.364 e. The number of carbonyl (C=O) groups is 2. The number of aromatic nitrogens is 1. The van der Waals surface area contributed by atoms with E-state index in [2.05, 4.69) is 15.6 Å². The Bertz CT molecular complexity index is 1270. The molecule has 2 amide bonds. The van der Waals surface area contributed by atoms with Crippen LogP contribution in [-0.4, -0.2) is 22.7 Å². The lowest BCUT2D eigenvalue weighted by Gasteiger charge is -2.05. The van der Waals surface area contributed by atoms with E-state index < -0.39 is 5.91 Å². The summed E-state index contributed by atoms with van der Waals surface area (Å²) < 4.78 is 0. The Labute approximate surface area is 194 Å². The molecule has 0 radical (unpaired) electrons. The van der Waals surface area contributed by atoms with Crippen molar-refractivity contribution in [2.24, 2.45) is 5.73 Å². The molecule has 0 saturated heterocycles. The quantitative estimate of drug-likeness (QED) is 0.297. The zero-order chi connectivity index (χ0) is 22.5. The molecule has 0 spiro atoms. The van der Waals surface area contributed by atoms with Crippen LogP contribution in [0.4, 0.5) is 15.8 Å². The Morgan fingerprint density at radius 2 is 1.75 bits per heavy atom. The maximum atomic E-state index is 12.7. The number of nitrogens with two attached hydrogens (primary N) is 1. The number of hydrogen-bond acceptors (Lipinski definition) is 5. The highest BCUT2D eigenvalue weighted by Crippen LogP contribution is 2.31. The topological polar surface area (TPSA) is 97.1 Å². The van der Waals surface area contributed by atoms with Crippen LogP contribution in [0.15, 0.2) is 66.7 Å². The van der Waals surface area contributed by atoms with Crippen LogP contribution in [-0.2, 0) is 6.42 Å². The molecule has 1 heterocycles. The number of rotatable bonds is 8. The molecule has 0 unspecified atom stereocenters. The number of hydrogen-bond donors (Lipinski definition) is 3. The number of alkyl halides is 1. The summed E-state index contributed by atoms with van der Waals surface area (Å²) >= 11 is 6.89. The van der Waals surface area contributed by atoms with Crippen molar-refractivity contribution in [1.29, 1.82) is 0 Å². The number of carbonyl (C=O) groups excluding carboxylic acids is 2. The zero-order valence-electron chi connectivity index (χ0n) is 17.1. The first-order valence-corrected chi connectivity index (χ1v) is 11.4. The van der Waals surface area contributed by atoms with Crippen molar-refractivity contribution >= 4 is 61.3 Å². The summed E-state index contributed by atoms with van der Waals surface area (Å²) in [6, 6.07) is 21.2. The molecule has 0 fully saturated rings. The molecule has 4 N–H and O–H groups in total. The van der Waals surface area contributed by atoms with Gasteiger partial charge < -0.3 is 16.4 Å². The van der Waals surface area contributed by atoms with Gasteiger partial charge in [-0.2, -0.15) is 0 Å². The van der Waals surface area contributed by atoms with Crippen LogP contribution in [0.25, 0.3) is 10.8 Å². The van der Waals surface area contributed by atoms with Gasteiger partial charge in [0, 0.05) is 17.1 Å². The van der Waals surface area contributed by atoms with Gasteiger partial charge in [0.15, 0.2) is 10.8 Å². The summed E-state index contributed by atoms with van der Waals surface area (Å²) in [5.74, 6) is -0.448. The van der Waals surface area contributed by atoms with Gasteiger partial charge in [0.1, 0.15) is 5.00 Å². The minimum absolute atomic E-state index is 0.0189. The summed E-state index contributed by atoms with van der Waals surface area (Å²) in [7, 11) is 0. The smallest absolute Gasteiger partial charge is 0.270 e. The number of nitrogens with zero attached hydrogens (tertiary/aromatic N) is 1. The van der Waals surface area contributed by atoms with E-state index in [9.17, 15) is 9.59 Å². The third-order valence-electron chi connectivity index (χ3n) is 4.90. The third kappa shape index (κ3) is 5.07. The molecule has 4 rings (SSSR count). The van der Waals surface area contributed by atoms with Crippen molar-refractivity contribution in [2.75, 3.05) is 16.5 Å². The van der Waals surface area contributed by atoms with Crippen LogP contribution >= 0.6 is 22.9 Å². The molecule has 0 atom stereocenters. The first kappa shape index (κ1) is 21.8. The Kier molecular flexibility index (Phi) is 6.68. The van der Waals surface area contributed by atoms with Gasteiger partial charge in [0.05, 0.1) is 0 Å². The van der Waals surface area contributed by atoms with Crippen molar-refractivity contribution in [2.45, 2.75) is 12.8 Å². The Morgan fingerprint density at radius 1 is 1.00 bits per heavy atom. The molecule has 0 aliphatic rings. The first-order chi connectivity index (χ1) is 15.5. The van der Waals surface area contributed by atoms with E-state index in [1.165, 1.54) is 0 Å². The van der Waals surface area contributed by atoms with Crippen LogP contribution in [0.1, 0.15) is 32.8 Å². The van der Waals surface area contributed by atoms with Crippen molar-refractivity contribution in [1.82, 2.24) is 4.98 Å². The average Bonchev–Trinajstić information content (AvgIpc) is 3.20. The molecular weight excluding hydrogens is 444 g/mol. The van der Waals surface area contributed by atoms with E-state index in [1.807, 2.05) is 54.6 Å². The average molecular weight is 465 g/mol. The van der Waals surface area contributed by atoms with Gasteiger partial charge >= 0.3 is 0 Å². The molecule has 0 bridgehead atoms. The van der Waals surface area contributed by atoms with Crippen molar-refractivity contribution in [3.8, 4) is 0 Å². The standard InChI is InChI=1S/C24H21ClN4O2S/c25-13-3-4-15-7-9-17(10-8-15)22(31)29-23-20(21(26)30)28-24(32-23)27-19-12-11-16-5-1-2-6-18(16)14-19/h1-2,5-12,14H,3-4,13H2,(H2,26,30)(H,27,28)(H,29,31). The predicted octanol–water partition coefficient (Wildman–Crippen LogP) is 5.56. The zero-order valence-corrected chi connectivity index (χ0v) is 18.7. The molecular formula is C24H21ClN4O2S. The van der Waals surface area contributed by atoms with E-state index >= 15 is 0 Å². The lowest BCUT2D eigenvalue weighted by Crippen LogP contribution is -2.17. The molecule has 0 aliphatic heterocycles. The van der Waals surface area contributed by atoms with Gasteiger partial charge in [-0.25, -0.2) is 4.98 Å².